The minimum absolute atomic E-state index is 0.294. The molecule has 4 aromatic rings. The van der Waals surface area contributed by atoms with Crippen LogP contribution >= 0.6 is 22.7 Å². The standard InChI is InChI=1S/C20H19N5OS2/c1-12-4-3-5-14(8-12)24-19(26)25-20-21-9-15(28-20)6-7-16-17-13(2)10-27-18(17)23-11-22-16/h3-5,8-11H,6-7H2,1-2H3,(H2,21,24,25,26). The van der Waals surface area contributed by atoms with Crippen molar-refractivity contribution in [1.29, 1.82) is 0 Å². The molecule has 3 aromatic heterocycles. The molecule has 0 aliphatic heterocycles. The zero-order valence-corrected chi connectivity index (χ0v) is 17.2. The second-order valence-corrected chi connectivity index (χ2v) is 8.47. The van der Waals surface area contributed by atoms with Gasteiger partial charge in [-0.05, 0) is 55.3 Å². The molecule has 0 radical (unpaired) electrons. The number of thiazole rings is 1. The fourth-order valence-electron chi connectivity index (χ4n) is 2.99. The van der Waals surface area contributed by atoms with Crippen LogP contribution in [-0.4, -0.2) is 21.0 Å². The topological polar surface area (TPSA) is 79.8 Å². The first-order chi connectivity index (χ1) is 13.6. The highest BCUT2D eigenvalue weighted by atomic mass is 32.1. The molecule has 0 spiro atoms. The Balaban J connectivity index is 1.37. The Morgan fingerprint density at radius 1 is 1.11 bits per heavy atom. The highest BCUT2D eigenvalue weighted by molar-refractivity contribution is 7.17. The fourth-order valence-corrected chi connectivity index (χ4v) is 4.70. The van der Waals surface area contributed by atoms with E-state index in [0.717, 1.165) is 44.9 Å². The van der Waals surface area contributed by atoms with Gasteiger partial charge in [0.1, 0.15) is 11.2 Å². The van der Waals surface area contributed by atoms with E-state index in [2.05, 4.69) is 37.9 Å². The summed E-state index contributed by atoms with van der Waals surface area (Å²) < 4.78 is 0. The highest BCUT2D eigenvalue weighted by Gasteiger charge is 2.11. The first-order valence-electron chi connectivity index (χ1n) is 8.85. The van der Waals surface area contributed by atoms with Gasteiger partial charge in [0.15, 0.2) is 5.13 Å². The van der Waals surface area contributed by atoms with E-state index in [0.29, 0.717) is 5.13 Å². The predicted molar refractivity (Wildman–Crippen MR) is 115 cm³/mol. The molecule has 0 fully saturated rings. The SMILES string of the molecule is Cc1cccc(NC(=O)Nc2ncc(CCc3ncnc4scc(C)c34)s2)c1. The number of hydrogen-bond acceptors (Lipinski definition) is 6. The molecule has 0 unspecified atom stereocenters. The van der Waals surface area contributed by atoms with Crippen LogP contribution in [0.2, 0.25) is 0 Å². The summed E-state index contributed by atoms with van der Waals surface area (Å²) in [5.41, 5.74) is 4.13. The quantitative estimate of drug-likeness (QED) is 0.475. The Labute approximate surface area is 170 Å². The molecule has 0 saturated heterocycles. The number of carbonyl (C=O) groups excluding carboxylic acids is 1. The van der Waals surface area contributed by atoms with Crippen molar-refractivity contribution in [2.75, 3.05) is 10.6 Å². The van der Waals surface area contributed by atoms with Crippen LogP contribution in [0.4, 0.5) is 15.6 Å². The lowest BCUT2D eigenvalue weighted by atomic mass is 10.1. The maximum absolute atomic E-state index is 12.2. The molecule has 0 aliphatic rings. The molecule has 0 bridgehead atoms. The number of thiophene rings is 1. The molecule has 0 atom stereocenters. The number of carbonyl (C=O) groups is 1. The van der Waals surface area contributed by atoms with Crippen molar-refractivity contribution >= 4 is 49.7 Å². The van der Waals surface area contributed by atoms with Crippen molar-refractivity contribution in [3.05, 3.63) is 63.9 Å². The predicted octanol–water partition coefficient (Wildman–Crippen LogP) is 5.19. The minimum Gasteiger partial charge on any atom is -0.308 e. The third kappa shape index (κ3) is 4.18. The van der Waals surface area contributed by atoms with Crippen LogP contribution in [-0.2, 0) is 12.8 Å². The van der Waals surface area contributed by atoms with Crippen LogP contribution in [0.5, 0.6) is 0 Å². The van der Waals surface area contributed by atoms with Crippen molar-refractivity contribution in [3.8, 4) is 0 Å². The summed E-state index contributed by atoms with van der Waals surface area (Å²) in [6.07, 6.45) is 5.07. The summed E-state index contributed by atoms with van der Waals surface area (Å²) in [6.45, 7) is 4.08. The molecule has 1 aromatic carbocycles. The van der Waals surface area contributed by atoms with Crippen LogP contribution in [0.1, 0.15) is 21.7 Å². The number of hydrogen-bond donors (Lipinski definition) is 2. The van der Waals surface area contributed by atoms with Crippen molar-refractivity contribution < 1.29 is 4.79 Å². The van der Waals surface area contributed by atoms with Gasteiger partial charge in [-0.1, -0.05) is 12.1 Å². The van der Waals surface area contributed by atoms with E-state index in [-0.39, 0.29) is 6.03 Å². The third-order valence-electron chi connectivity index (χ3n) is 4.29. The molecule has 6 nitrogen and oxygen atoms in total. The van der Waals surface area contributed by atoms with Crippen LogP contribution in [0.25, 0.3) is 10.2 Å². The average molecular weight is 410 g/mol. The number of benzene rings is 1. The third-order valence-corrected chi connectivity index (χ3v) is 6.27. The summed E-state index contributed by atoms with van der Waals surface area (Å²) in [5, 5.41) is 9.48. The lowest BCUT2D eigenvalue weighted by molar-refractivity contribution is 0.262. The molecule has 8 heteroatoms. The molecule has 3 heterocycles. The lowest BCUT2D eigenvalue weighted by Gasteiger charge is -2.05. The van der Waals surface area contributed by atoms with Gasteiger partial charge < -0.3 is 5.32 Å². The summed E-state index contributed by atoms with van der Waals surface area (Å²) in [5.74, 6) is 0. The summed E-state index contributed by atoms with van der Waals surface area (Å²) in [4.78, 5) is 27.4. The second kappa shape index (κ2) is 8.04. The Morgan fingerprint density at radius 3 is 2.86 bits per heavy atom. The number of aryl methyl sites for hydroxylation is 4. The normalized spacial score (nSPS) is 10.9. The number of urea groups is 1. The van der Waals surface area contributed by atoms with Gasteiger partial charge in [-0.3, -0.25) is 5.32 Å². The zero-order valence-electron chi connectivity index (χ0n) is 15.5. The Kier molecular flexibility index (Phi) is 5.31. The number of nitrogens with one attached hydrogen (secondary N) is 2. The molecule has 0 saturated carbocycles. The van der Waals surface area contributed by atoms with E-state index in [1.807, 2.05) is 37.4 Å². The number of nitrogens with zero attached hydrogens (tertiary/aromatic N) is 3. The first-order valence-corrected chi connectivity index (χ1v) is 10.5. The van der Waals surface area contributed by atoms with E-state index >= 15 is 0 Å². The van der Waals surface area contributed by atoms with Crippen LogP contribution in [0.15, 0.2) is 42.2 Å². The summed E-state index contributed by atoms with van der Waals surface area (Å²) >= 11 is 3.13. The van der Waals surface area contributed by atoms with Gasteiger partial charge in [0, 0.05) is 22.1 Å². The van der Waals surface area contributed by atoms with Crippen molar-refractivity contribution in [2.45, 2.75) is 26.7 Å². The Hall–Kier alpha value is -2.84. The highest BCUT2D eigenvalue weighted by Crippen LogP contribution is 2.27. The molecular weight excluding hydrogens is 390 g/mol. The molecular formula is C20H19N5OS2. The fraction of sp³-hybridized carbons (Fsp3) is 0.200. The summed E-state index contributed by atoms with van der Waals surface area (Å²) in [6, 6.07) is 7.37. The van der Waals surface area contributed by atoms with Gasteiger partial charge in [-0.15, -0.1) is 22.7 Å². The first kappa shape index (κ1) is 18.5. The van der Waals surface area contributed by atoms with E-state index in [9.17, 15) is 4.79 Å². The van der Waals surface area contributed by atoms with Gasteiger partial charge in [0.2, 0.25) is 0 Å². The van der Waals surface area contributed by atoms with Crippen LogP contribution < -0.4 is 10.6 Å². The maximum Gasteiger partial charge on any atom is 0.325 e. The second-order valence-electron chi connectivity index (χ2n) is 6.50. The van der Waals surface area contributed by atoms with Gasteiger partial charge in [-0.2, -0.15) is 0 Å². The number of aromatic nitrogens is 3. The van der Waals surface area contributed by atoms with E-state index in [1.54, 1.807) is 17.7 Å². The monoisotopic (exact) mass is 409 g/mol. The Bertz CT molecular complexity index is 1130. The lowest BCUT2D eigenvalue weighted by Crippen LogP contribution is -2.19. The molecule has 2 N–H and O–H groups in total. The van der Waals surface area contributed by atoms with E-state index in [4.69, 9.17) is 0 Å². The zero-order chi connectivity index (χ0) is 19.5. The van der Waals surface area contributed by atoms with Crippen molar-refractivity contribution in [2.24, 2.45) is 0 Å². The van der Waals surface area contributed by atoms with Gasteiger partial charge in [0.25, 0.3) is 0 Å². The van der Waals surface area contributed by atoms with Crippen molar-refractivity contribution in [1.82, 2.24) is 15.0 Å². The van der Waals surface area contributed by atoms with Gasteiger partial charge in [0.05, 0.1) is 5.69 Å². The number of rotatable bonds is 5. The van der Waals surface area contributed by atoms with Crippen LogP contribution in [0, 0.1) is 13.8 Å². The van der Waals surface area contributed by atoms with E-state index < -0.39 is 0 Å². The largest absolute Gasteiger partial charge is 0.325 e. The van der Waals surface area contributed by atoms with Gasteiger partial charge >= 0.3 is 6.03 Å². The van der Waals surface area contributed by atoms with E-state index in [1.165, 1.54) is 16.9 Å². The molecule has 0 aliphatic carbocycles. The van der Waals surface area contributed by atoms with Crippen molar-refractivity contribution in [3.63, 3.8) is 0 Å². The Morgan fingerprint density at radius 2 is 2.00 bits per heavy atom. The number of fused-ring (bicyclic) bond motifs is 1. The number of amides is 2. The van der Waals surface area contributed by atoms with Crippen LogP contribution in [0.3, 0.4) is 0 Å². The summed E-state index contributed by atoms with van der Waals surface area (Å²) in [7, 11) is 0. The minimum atomic E-state index is -0.294. The van der Waals surface area contributed by atoms with Gasteiger partial charge in [-0.25, -0.2) is 19.7 Å². The number of anilines is 2. The maximum atomic E-state index is 12.2. The molecule has 28 heavy (non-hydrogen) atoms. The smallest absolute Gasteiger partial charge is 0.308 e. The molecule has 2 amide bonds. The molecule has 4 rings (SSSR count). The molecule has 142 valence electrons. The average Bonchev–Trinajstić information content (AvgIpc) is 3.27.